The van der Waals surface area contributed by atoms with E-state index in [4.69, 9.17) is 0 Å². The minimum absolute atomic E-state index is 0.0517. The van der Waals surface area contributed by atoms with E-state index in [9.17, 15) is 13.6 Å². The van der Waals surface area contributed by atoms with Crippen molar-refractivity contribution < 1.29 is 13.6 Å². The van der Waals surface area contributed by atoms with Gasteiger partial charge >= 0.3 is 0 Å². The molecular formula is C14H10F2N4O. The molecule has 0 aliphatic carbocycles. The van der Waals surface area contributed by atoms with Crippen molar-refractivity contribution in [1.82, 2.24) is 15.0 Å². The average Bonchev–Trinajstić information content (AvgIpc) is 2.91. The standard InChI is InChI=1S/C14H10F2N4O/c1-17-10-3-2-9(15)11(12(10)16)13(21)7-5-19-14-8(7)4-18-6-20-14/h2-6,17H,1H3,(H,18,19,20). The first-order valence-electron chi connectivity index (χ1n) is 6.11. The number of halogens is 2. The minimum atomic E-state index is -0.923. The van der Waals surface area contributed by atoms with Crippen LogP contribution in [0.3, 0.4) is 0 Å². The van der Waals surface area contributed by atoms with Gasteiger partial charge in [-0.15, -0.1) is 0 Å². The summed E-state index contributed by atoms with van der Waals surface area (Å²) in [6.07, 6.45) is 4.10. The van der Waals surface area contributed by atoms with Crippen LogP contribution in [-0.2, 0) is 0 Å². The van der Waals surface area contributed by atoms with Gasteiger partial charge < -0.3 is 10.3 Å². The molecule has 2 aromatic heterocycles. The third-order valence-corrected chi connectivity index (χ3v) is 3.19. The number of aromatic amines is 1. The van der Waals surface area contributed by atoms with Crippen LogP contribution < -0.4 is 5.32 Å². The summed E-state index contributed by atoms with van der Waals surface area (Å²) in [5, 5.41) is 2.99. The fourth-order valence-corrected chi connectivity index (χ4v) is 2.14. The molecule has 0 spiro atoms. The van der Waals surface area contributed by atoms with E-state index in [1.54, 1.807) is 0 Å². The van der Waals surface area contributed by atoms with Crippen molar-refractivity contribution in [2.75, 3.05) is 12.4 Å². The quantitative estimate of drug-likeness (QED) is 0.726. The van der Waals surface area contributed by atoms with Crippen molar-refractivity contribution in [3.8, 4) is 0 Å². The van der Waals surface area contributed by atoms with Crippen LogP contribution in [0.25, 0.3) is 11.0 Å². The number of rotatable bonds is 3. The predicted octanol–water partition coefficient (Wildman–Crippen LogP) is 2.51. The van der Waals surface area contributed by atoms with Crippen molar-refractivity contribution in [2.24, 2.45) is 0 Å². The molecule has 0 atom stereocenters. The second-order valence-electron chi connectivity index (χ2n) is 4.35. The number of nitrogens with zero attached hydrogens (tertiary/aromatic N) is 2. The fourth-order valence-electron chi connectivity index (χ4n) is 2.14. The molecule has 0 unspecified atom stereocenters. The van der Waals surface area contributed by atoms with E-state index in [2.05, 4.69) is 20.3 Å². The Morgan fingerprint density at radius 2 is 2.14 bits per heavy atom. The van der Waals surface area contributed by atoms with E-state index in [0.717, 1.165) is 6.07 Å². The molecule has 1 aromatic carbocycles. The van der Waals surface area contributed by atoms with E-state index >= 15 is 0 Å². The number of ketones is 1. The number of carbonyl (C=O) groups excluding carboxylic acids is 1. The molecule has 3 aromatic rings. The van der Waals surface area contributed by atoms with Crippen LogP contribution in [0.2, 0.25) is 0 Å². The largest absolute Gasteiger partial charge is 0.386 e. The van der Waals surface area contributed by atoms with Crippen LogP contribution in [0, 0.1) is 11.6 Å². The molecule has 0 saturated carbocycles. The van der Waals surface area contributed by atoms with E-state index in [-0.39, 0.29) is 11.3 Å². The predicted molar refractivity (Wildman–Crippen MR) is 73.2 cm³/mol. The molecule has 5 nitrogen and oxygen atoms in total. The van der Waals surface area contributed by atoms with Crippen molar-refractivity contribution in [2.45, 2.75) is 0 Å². The van der Waals surface area contributed by atoms with Gasteiger partial charge in [0.15, 0.2) is 5.82 Å². The fraction of sp³-hybridized carbons (Fsp3) is 0.0714. The molecule has 2 N–H and O–H groups in total. The zero-order valence-electron chi connectivity index (χ0n) is 10.9. The Balaban J connectivity index is 2.19. The second kappa shape index (κ2) is 4.93. The molecule has 0 aliphatic rings. The highest BCUT2D eigenvalue weighted by Gasteiger charge is 2.24. The number of nitrogens with one attached hydrogen (secondary N) is 2. The molecule has 3 rings (SSSR count). The molecule has 2 heterocycles. The van der Waals surface area contributed by atoms with E-state index in [1.807, 2.05) is 0 Å². The second-order valence-corrected chi connectivity index (χ2v) is 4.35. The van der Waals surface area contributed by atoms with Gasteiger partial charge in [0.25, 0.3) is 0 Å². The first kappa shape index (κ1) is 13.2. The van der Waals surface area contributed by atoms with Gasteiger partial charge in [-0.05, 0) is 12.1 Å². The summed E-state index contributed by atoms with van der Waals surface area (Å²) in [6, 6.07) is 2.28. The van der Waals surface area contributed by atoms with Gasteiger partial charge in [0, 0.05) is 24.8 Å². The van der Waals surface area contributed by atoms with Gasteiger partial charge in [-0.3, -0.25) is 4.79 Å². The number of fused-ring (bicyclic) bond motifs is 1. The van der Waals surface area contributed by atoms with Gasteiger partial charge in [0.2, 0.25) is 5.78 Å². The molecule has 21 heavy (non-hydrogen) atoms. The number of anilines is 1. The Morgan fingerprint density at radius 1 is 1.33 bits per heavy atom. The van der Waals surface area contributed by atoms with E-state index < -0.39 is 23.0 Å². The minimum Gasteiger partial charge on any atom is -0.386 e. The highest BCUT2D eigenvalue weighted by atomic mass is 19.1. The lowest BCUT2D eigenvalue weighted by Gasteiger charge is -2.08. The number of benzene rings is 1. The number of aromatic nitrogens is 3. The van der Waals surface area contributed by atoms with Gasteiger partial charge in [-0.1, -0.05) is 0 Å². The summed E-state index contributed by atoms with van der Waals surface area (Å²) in [5.74, 6) is -2.60. The van der Waals surface area contributed by atoms with Gasteiger partial charge in [-0.25, -0.2) is 18.7 Å². The van der Waals surface area contributed by atoms with Crippen LogP contribution in [0.15, 0.2) is 30.9 Å². The van der Waals surface area contributed by atoms with Crippen LogP contribution in [0.1, 0.15) is 15.9 Å². The van der Waals surface area contributed by atoms with Crippen molar-refractivity contribution in [3.05, 3.63) is 53.6 Å². The summed E-state index contributed by atoms with van der Waals surface area (Å²) in [7, 11) is 1.49. The Bertz CT molecular complexity index is 844. The number of carbonyl (C=O) groups is 1. The molecule has 7 heteroatoms. The van der Waals surface area contributed by atoms with E-state index in [0.29, 0.717) is 11.0 Å². The lowest BCUT2D eigenvalue weighted by molar-refractivity contribution is 0.103. The maximum Gasteiger partial charge on any atom is 0.201 e. The summed E-state index contributed by atoms with van der Waals surface area (Å²) in [4.78, 5) is 23.0. The van der Waals surface area contributed by atoms with Crippen molar-refractivity contribution in [1.29, 1.82) is 0 Å². The first-order chi connectivity index (χ1) is 10.1. The first-order valence-corrected chi connectivity index (χ1v) is 6.11. The smallest absolute Gasteiger partial charge is 0.201 e. The molecule has 0 saturated heterocycles. The van der Waals surface area contributed by atoms with Crippen molar-refractivity contribution >= 4 is 22.5 Å². The van der Waals surface area contributed by atoms with Gasteiger partial charge in [0.05, 0.1) is 16.8 Å². The molecule has 106 valence electrons. The van der Waals surface area contributed by atoms with E-state index in [1.165, 1.54) is 31.8 Å². The maximum absolute atomic E-state index is 14.2. The normalized spacial score (nSPS) is 10.8. The van der Waals surface area contributed by atoms with Crippen LogP contribution in [-0.4, -0.2) is 27.8 Å². The molecule has 0 fully saturated rings. The van der Waals surface area contributed by atoms with Crippen LogP contribution >= 0.6 is 0 Å². The van der Waals surface area contributed by atoms with Crippen molar-refractivity contribution in [3.63, 3.8) is 0 Å². The summed E-state index contributed by atoms with van der Waals surface area (Å²) < 4.78 is 28.1. The van der Waals surface area contributed by atoms with Gasteiger partial charge in [-0.2, -0.15) is 0 Å². The van der Waals surface area contributed by atoms with Gasteiger partial charge in [0.1, 0.15) is 17.8 Å². The number of hydrogen-bond donors (Lipinski definition) is 2. The lowest BCUT2D eigenvalue weighted by atomic mass is 10.0. The highest BCUT2D eigenvalue weighted by Crippen LogP contribution is 2.26. The Kier molecular flexibility index (Phi) is 3.09. The molecule has 0 bridgehead atoms. The number of hydrogen-bond acceptors (Lipinski definition) is 4. The topological polar surface area (TPSA) is 70.7 Å². The Labute approximate surface area is 118 Å². The third kappa shape index (κ3) is 2.03. The summed E-state index contributed by atoms with van der Waals surface area (Å²) in [6.45, 7) is 0. The van der Waals surface area contributed by atoms with Crippen LogP contribution in [0.4, 0.5) is 14.5 Å². The summed E-state index contributed by atoms with van der Waals surface area (Å²) >= 11 is 0. The molecule has 0 aliphatic heterocycles. The maximum atomic E-state index is 14.2. The van der Waals surface area contributed by atoms with Crippen LogP contribution in [0.5, 0.6) is 0 Å². The average molecular weight is 288 g/mol. The molecular weight excluding hydrogens is 278 g/mol. The molecule has 0 amide bonds. The number of H-pyrrole nitrogens is 1. The zero-order chi connectivity index (χ0) is 15.0. The SMILES string of the molecule is CNc1ccc(F)c(C(=O)c2c[nH]c3ncncc23)c1F. The highest BCUT2D eigenvalue weighted by molar-refractivity contribution is 6.16. The third-order valence-electron chi connectivity index (χ3n) is 3.19. The Hall–Kier alpha value is -2.83. The molecule has 0 radical (unpaired) electrons. The summed E-state index contributed by atoms with van der Waals surface area (Å²) in [5.41, 5.74) is -0.00182. The lowest BCUT2D eigenvalue weighted by Crippen LogP contribution is -2.09. The monoisotopic (exact) mass is 288 g/mol. The zero-order valence-corrected chi connectivity index (χ0v) is 10.9. The Morgan fingerprint density at radius 3 is 2.90 bits per heavy atom.